The number of benzene rings is 1. The van der Waals surface area contributed by atoms with E-state index in [-0.39, 0.29) is 10.8 Å². The normalized spacial score (nSPS) is 10.6. The highest BCUT2D eigenvalue weighted by molar-refractivity contribution is 7.80. The van der Waals surface area contributed by atoms with Crippen LogP contribution in [0.25, 0.3) is 0 Å². The predicted octanol–water partition coefficient (Wildman–Crippen LogP) is 1.82. The lowest BCUT2D eigenvalue weighted by atomic mass is 10.2. The van der Waals surface area contributed by atoms with Crippen molar-refractivity contribution in [2.45, 2.75) is 6.42 Å². The molecule has 0 aliphatic rings. The van der Waals surface area contributed by atoms with E-state index in [1.165, 1.54) is 6.07 Å². The number of rotatable bonds is 6. The Bertz CT molecular complexity index is 393. The highest BCUT2D eigenvalue weighted by Crippen LogP contribution is 2.14. The molecule has 0 unspecified atom stereocenters. The van der Waals surface area contributed by atoms with Gasteiger partial charge in [0.1, 0.15) is 10.8 Å². The summed E-state index contributed by atoms with van der Waals surface area (Å²) in [6, 6.07) is 4.81. The molecule has 0 atom stereocenters. The first kappa shape index (κ1) is 13.9. The Morgan fingerprint density at radius 2 is 2.18 bits per heavy atom. The summed E-state index contributed by atoms with van der Waals surface area (Å²) in [7, 11) is 4.05. The third-order valence-corrected chi connectivity index (χ3v) is 2.57. The molecule has 5 heteroatoms. The van der Waals surface area contributed by atoms with Crippen LogP contribution in [0.2, 0.25) is 0 Å². The van der Waals surface area contributed by atoms with Crippen LogP contribution in [-0.4, -0.2) is 37.1 Å². The van der Waals surface area contributed by atoms with Crippen LogP contribution in [0.3, 0.4) is 0 Å². The zero-order chi connectivity index (χ0) is 12.8. The van der Waals surface area contributed by atoms with E-state index in [4.69, 9.17) is 18.0 Å². The molecule has 0 fully saturated rings. The molecule has 0 amide bonds. The Morgan fingerprint density at radius 3 is 2.71 bits per heavy atom. The Hall–Kier alpha value is -1.20. The fourth-order valence-electron chi connectivity index (χ4n) is 1.45. The SMILES string of the molecule is CN(C)CCCNc1ccc(C(N)=S)c(F)c1. The largest absolute Gasteiger partial charge is 0.389 e. The van der Waals surface area contributed by atoms with Crippen molar-refractivity contribution < 1.29 is 4.39 Å². The van der Waals surface area contributed by atoms with E-state index >= 15 is 0 Å². The third kappa shape index (κ3) is 4.66. The number of nitrogens with one attached hydrogen (secondary N) is 1. The molecule has 0 saturated carbocycles. The van der Waals surface area contributed by atoms with Gasteiger partial charge in [0, 0.05) is 17.8 Å². The summed E-state index contributed by atoms with van der Waals surface area (Å²) in [4.78, 5) is 2.19. The lowest BCUT2D eigenvalue weighted by Gasteiger charge is -2.11. The molecular formula is C12H18FN3S. The summed E-state index contributed by atoms with van der Waals surface area (Å²) in [5.74, 6) is -0.380. The van der Waals surface area contributed by atoms with Gasteiger partial charge in [-0.1, -0.05) is 12.2 Å². The lowest BCUT2D eigenvalue weighted by Crippen LogP contribution is -2.16. The van der Waals surface area contributed by atoms with E-state index in [1.54, 1.807) is 12.1 Å². The van der Waals surface area contributed by atoms with Crippen LogP contribution in [0.4, 0.5) is 10.1 Å². The predicted molar refractivity (Wildman–Crippen MR) is 73.9 cm³/mol. The molecule has 0 saturated heterocycles. The maximum atomic E-state index is 13.5. The Morgan fingerprint density at radius 1 is 1.47 bits per heavy atom. The first-order chi connectivity index (χ1) is 8.00. The van der Waals surface area contributed by atoms with Crippen LogP contribution in [0.15, 0.2) is 18.2 Å². The van der Waals surface area contributed by atoms with Crippen LogP contribution in [0.5, 0.6) is 0 Å². The molecule has 17 heavy (non-hydrogen) atoms. The Kier molecular flexibility index (Phi) is 5.31. The van der Waals surface area contributed by atoms with Gasteiger partial charge >= 0.3 is 0 Å². The highest BCUT2D eigenvalue weighted by Gasteiger charge is 2.05. The van der Waals surface area contributed by atoms with Gasteiger partial charge in [-0.15, -0.1) is 0 Å². The monoisotopic (exact) mass is 255 g/mol. The fourth-order valence-corrected chi connectivity index (χ4v) is 1.62. The summed E-state index contributed by atoms with van der Waals surface area (Å²) in [5.41, 5.74) is 6.43. The fraction of sp³-hybridized carbons (Fsp3) is 0.417. The van der Waals surface area contributed by atoms with Gasteiger partial charge in [0.25, 0.3) is 0 Å². The molecule has 0 heterocycles. The summed E-state index contributed by atoms with van der Waals surface area (Å²) in [5, 5.41) is 3.16. The van der Waals surface area contributed by atoms with Gasteiger partial charge in [-0.2, -0.15) is 0 Å². The Balaban J connectivity index is 2.50. The quantitative estimate of drug-likeness (QED) is 0.601. The van der Waals surface area contributed by atoms with Gasteiger partial charge in [-0.05, 0) is 45.3 Å². The summed E-state index contributed by atoms with van der Waals surface area (Å²) < 4.78 is 13.5. The van der Waals surface area contributed by atoms with E-state index < -0.39 is 0 Å². The van der Waals surface area contributed by atoms with E-state index in [2.05, 4.69) is 10.2 Å². The average molecular weight is 255 g/mol. The van der Waals surface area contributed by atoms with Gasteiger partial charge in [0.05, 0.1) is 0 Å². The number of hydrogen-bond acceptors (Lipinski definition) is 3. The zero-order valence-corrected chi connectivity index (χ0v) is 11.0. The molecule has 3 N–H and O–H groups in total. The van der Waals surface area contributed by atoms with Gasteiger partial charge in [-0.3, -0.25) is 0 Å². The van der Waals surface area contributed by atoms with E-state index in [9.17, 15) is 4.39 Å². The van der Waals surface area contributed by atoms with Crippen LogP contribution in [-0.2, 0) is 0 Å². The van der Waals surface area contributed by atoms with Gasteiger partial charge in [-0.25, -0.2) is 4.39 Å². The lowest BCUT2D eigenvalue weighted by molar-refractivity contribution is 0.405. The van der Waals surface area contributed by atoms with Crippen molar-refractivity contribution in [2.24, 2.45) is 5.73 Å². The highest BCUT2D eigenvalue weighted by atomic mass is 32.1. The van der Waals surface area contributed by atoms with Crippen molar-refractivity contribution in [1.29, 1.82) is 0 Å². The smallest absolute Gasteiger partial charge is 0.135 e. The van der Waals surface area contributed by atoms with E-state index in [0.717, 1.165) is 25.2 Å². The molecule has 94 valence electrons. The molecule has 0 aliphatic heterocycles. The molecule has 1 aromatic rings. The summed E-state index contributed by atoms with van der Waals surface area (Å²) in [6.07, 6.45) is 1.01. The average Bonchev–Trinajstić information content (AvgIpc) is 2.23. The number of hydrogen-bond donors (Lipinski definition) is 2. The number of halogens is 1. The molecule has 0 aliphatic carbocycles. The minimum absolute atomic E-state index is 0.0849. The minimum atomic E-state index is -0.380. The van der Waals surface area contributed by atoms with E-state index in [1.807, 2.05) is 14.1 Å². The summed E-state index contributed by atoms with van der Waals surface area (Å²) >= 11 is 4.74. The first-order valence-electron chi connectivity index (χ1n) is 5.48. The molecule has 0 spiro atoms. The second-order valence-electron chi connectivity index (χ2n) is 4.14. The van der Waals surface area contributed by atoms with Gasteiger partial charge in [0.2, 0.25) is 0 Å². The second kappa shape index (κ2) is 6.51. The molecular weight excluding hydrogens is 237 g/mol. The van der Waals surface area contributed by atoms with Crippen molar-refractivity contribution in [3.05, 3.63) is 29.6 Å². The van der Waals surface area contributed by atoms with Gasteiger partial charge < -0.3 is 16.0 Å². The van der Waals surface area contributed by atoms with Crippen molar-refractivity contribution in [1.82, 2.24) is 4.90 Å². The van der Waals surface area contributed by atoms with Crippen LogP contribution in [0, 0.1) is 5.82 Å². The number of anilines is 1. The molecule has 0 radical (unpaired) electrons. The summed E-state index contributed by atoms with van der Waals surface area (Å²) in [6.45, 7) is 1.81. The zero-order valence-electron chi connectivity index (χ0n) is 10.2. The molecule has 1 aromatic carbocycles. The standard InChI is InChI=1S/C12H18FN3S/c1-16(2)7-3-6-15-9-4-5-10(12(14)17)11(13)8-9/h4-5,8,15H,3,6-7H2,1-2H3,(H2,14,17). The maximum Gasteiger partial charge on any atom is 0.135 e. The minimum Gasteiger partial charge on any atom is -0.389 e. The Labute approximate surface area is 107 Å². The number of nitrogens with zero attached hydrogens (tertiary/aromatic N) is 1. The first-order valence-corrected chi connectivity index (χ1v) is 5.89. The molecule has 0 aromatic heterocycles. The molecule has 1 rings (SSSR count). The van der Waals surface area contributed by atoms with Crippen molar-refractivity contribution in [2.75, 3.05) is 32.5 Å². The van der Waals surface area contributed by atoms with Crippen LogP contribution in [0.1, 0.15) is 12.0 Å². The van der Waals surface area contributed by atoms with Crippen molar-refractivity contribution in [3.8, 4) is 0 Å². The second-order valence-corrected chi connectivity index (χ2v) is 4.58. The van der Waals surface area contributed by atoms with E-state index in [0.29, 0.717) is 5.56 Å². The van der Waals surface area contributed by atoms with Crippen molar-refractivity contribution >= 4 is 22.9 Å². The number of thiocarbonyl (C=S) groups is 1. The topological polar surface area (TPSA) is 41.3 Å². The molecule has 0 bridgehead atoms. The number of nitrogens with two attached hydrogens (primary N) is 1. The van der Waals surface area contributed by atoms with Crippen molar-refractivity contribution in [3.63, 3.8) is 0 Å². The molecule has 3 nitrogen and oxygen atoms in total. The third-order valence-electron chi connectivity index (χ3n) is 2.35. The van der Waals surface area contributed by atoms with Crippen LogP contribution < -0.4 is 11.1 Å². The maximum absolute atomic E-state index is 13.5. The van der Waals surface area contributed by atoms with Crippen LogP contribution >= 0.6 is 12.2 Å². The van der Waals surface area contributed by atoms with Gasteiger partial charge in [0.15, 0.2) is 0 Å².